The van der Waals surface area contributed by atoms with Gasteiger partial charge in [0.05, 0.1) is 25.5 Å². The van der Waals surface area contributed by atoms with E-state index in [1.807, 2.05) is 25.1 Å². The zero-order chi connectivity index (χ0) is 20.5. The lowest BCUT2D eigenvalue weighted by molar-refractivity contribution is -0.112. The maximum Gasteiger partial charge on any atom is 0.266 e. The fraction of sp³-hybridized carbons (Fsp3) is 0.130. The van der Waals surface area contributed by atoms with Crippen LogP contribution in [0.5, 0.6) is 11.5 Å². The summed E-state index contributed by atoms with van der Waals surface area (Å²) in [6.07, 6.45) is 1.83. The third kappa shape index (κ3) is 3.32. The zero-order valence-corrected chi connectivity index (χ0v) is 17.1. The first kappa shape index (κ1) is 19.0. The first-order valence-electron chi connectivity index (χ1n) is 9.02. The number of aryl methyl sites for hydroxylation is 1. The van der Waals surface area contributed by atoms with Crippen LogP contribution in [0.2, 0.25) is 0 Å². The molecule has 2 amide bonds. The topological polar surface area (TPSA) is 55.8 Å². The Kier molecular flexibility index (Phi) is 4.94. The maximum absolute atomic E-state index is 13.5. The summed E-state index contributed by atoms with van der Waals surface area (Å²) < 4.78 is 10.7. The summed E-state index contributed by atoms with van der Waals surface area (Å²) in [7, 11) is 3.06. The minimum Gasteiger partial charge on any atom is -0.497 e. The molecule has 0 atom stereocenters. The number of thiophene rings is 1. The highest BCUT2D eigenvalue weighted by Gasteiger charge is 2.37. The van der Waals surface area contributed by atoms with Crippen molar-refractivity contribution < 1.29 is 19.1 Å². The average molecular weight is 405 g/mol. The summed E-state index contributed by atoms with van der Waals surface area (Å²) in [6.45, 7) is 2.01. The number of benzene rings is 2. The van der Waals surface area contributed by atoms with Gasteiger partial charge >= 0.3 is 0 Å². The number of anilines is 1. The minimum absolute atomic E-state index is 0.386. The van der Waals surface area contributed by atoms with Gasteiger partial charge in [-0.2, -0.15) is 0 Å². The molecule has 1 aliphatic heterocycles. The summed E-state index contributed by atoms with van der Waals surface area (Å²) in [4.78, 5) is 30.1. The standard InChI is InChI=1S/C23H19NO4S/c1-14-8-10-16(29-14)13-19-17-11-9-15(27-2)12-18(17)22(25)24(23(19)26)20-6-4-5-7-21(20)28-3/h4-13H,1-3H3. The Labute approximate surface area is 172 Å². The first-order valence-corrected chi connectivity index (χ1v) is 9.83. The van der Waals surface area contributed by atoms with E-state index in [0.717, 1.165) is 9.75 Å². The van der Waals surface area contributed by atoms with Crippen molar-refractivity contribution >= 4 is 40.5 Å². The maximum atomic E-state index is 13.5. The quantitative estimate of drug-likeness (QED) is 0.462. The molecule has 4 rings (SSSR count). The van der Waals surface area contributed by atoms with E-state index in [1.54, 1.807) is 60.9 Å². The van der Waals surface area contributed by atoms with E-state index in [-0.39, 0.29) is 5.91 Å². The lowest BCUT2D eigenvalue weighted by Crippen LogP contribution is -2.42. The van der Waals surface area contributed by atoms with Crippen molar-refractivity contribution in [2.24, 2.45) is 0 Å². The Bertz CT molecular complexity index is 1150. The van der Waals surface area contributed by atoms with Crippen molar-refractivity contribution in [1.29, 1.82) is 0 Å². The van der Waals surface area contributed by atoms with Crippen molar-refractivity contribution in [2.75, 3.05) is 19.1 Å². The van der Waals surface area contributed by atoms with Crippen LogP contribution in [0.4, 0.5) is 5.69 Å². The van der Waals surface area contributed by atoms with Gasteiger partial charge in [-0.25, -0.2) is 4.90 Å². The number of rotatable bonds is 4. The summed E-state index contributed by atoms with van der Waals surface area (Å²) in [6, 6.07) is 16.1. The van der Waals surface area contributed by atoms with Crippen LogP contribution in [0, 0.1) is 6.92 Å². The molecule has 0 unspecified atom stereocenters. The predicted octanol–water partition coefficient (Wildman–Crippen LogP) is 4.80. The Morgan fingerprint density at radius 2 is 1.69 bits per heavy atom. The van der Waals surface area contributed by atoms with Crippen LogP contribution in [0.1, 0.15) is 25.7 Å². The van der Waals surface area contributed by atoms with E-state index in [4.69, 9.17) is 9.47 Å². The third-order valence-corrected chi connectivity index (χ3v) is 5.71. The lowest BCUT2D eigenvalue weighted by Gasteiger charge is -2.29. The summed E-state index contributed by atoms with van der Waals surface area (Å²) in [5.74, 6) is 0.209. The third-order valence-electron chi connectivity index (χ3n) is 4.76. The van der Waals surface area contributed by atoms with Crippen molar-refractivity contribution in [1.82, 2.24) is 0 Å². The van der Waals surface area contributed by atoms with Gasteiger partial charge in [0.15, 0.2) is 0 Å². The number of imide groups is 1. The van der Waals surface area contributed by atoms with Gasteiger partial charge in [-0.05, 0) is 55.5 Å². The summed E-state index contributed by atoms with van der Waals surface area (Å²) in [5.41, 5.74) is 1.87. The molecule has 2 heterocycles. The molecular weight excluding hydrogens is 386 g/mol. The van der Waals surface area contributed by atoms with E-state index in [2.05, 4.69) is 0 Å². The normalized spacial score (nSPS) is 14.9. The van der Waals surface area contributed by atoms with E-state index in [1.165, 1.54) is 12.0 Å². The van der Waals surface area contributed by atoms with Gasteiger partial charge in [-0.3, -0.25) is 9.59 Å². The molecule has 0 N–H and O–H groups in total. The van der Waals surface area contributed by atoms with Gasteiger partial charge in [0, 0.05) is 20.9 Å². The molecule has 0 bridgehead atoms. The van der Waals surface area contributed by atoms with E-state index in [0.29, 0.717) is 33.9 Å². The van der Waals surface area contributed by atoms with Crippen LogP contribution in [0.25, 0.3) is 11.6 Å². The van der Waals surface area contributed by atoms with Crippen molar-refractivity contribution in [3.63, 3.8) is 0 Å². The molecule has 0 spiro atoms. The second-order valence-corrected chi connectivity index (χ2v) is 7.85. The molecule has 3 aromatic rings. The number of hydrogen-bond acceptors (Lipinski definition) is 5. The van der Waals surface area contributed by atoms with E-state index in [9.17, 15) is 9.59 Å². The van der Waals surface area contributed by atoms with Crippen LogP contribution in [-0.2, 0) is 4.79 Å². The van der Waals surface area contributed by atoms with Crippen LogP contribution in [-0.4, -0.2) is 26.0 Å². The van der Waals surface area contributed by atoms with E-state index < -0.39 is 5.91 Å². The first-order chi connectivity index (χ1) is 14.0. The number of hydrogen-bond donors (Lipinski definition) is 0. The zero-order valence-electron chi connectivity index (χ0n) is 16.3. The van der Waals surface area contributed by atoms with Crippen LogP contribution in [0.3, 0.4) is 0 Å². The monoisotopic (exact) mass is 405 g/mol. The Balaban J connectivity index is 1.94. The Morgan fingerprint density at radius 3 is 2.38 bits per heavy atom. The smallest absolute Gasteiger partial charge is 0.266 e. The fourth-order valence-electron chi connectivity index (χ4n) is 3.36. The molecule has 1 aliphatic rings. The molecule has 0 saturated carbocycles. The SMILES string of the molecule is COc1ccc2c(c1)C(=O)N(c1ccccc1OC)C(=O)C2=Cc1ccc(C)s1. The summed E-state index contributed by atoms with van der Waals surface area (Å²) >= 11 is 1.59. The highest BCUT2D eigenvalue weighted by molar-refractivity contribution is 7.12. The van der Waals surface area contributed by atoms with E-state index >= 15 is 0 Å². The number of nitrogens with zero attached hydrogens (tertiary/aromatic N) is 1. The number of methoxy groups -OCH3 is 2. The van der Waals surface area contributed by atoms with Gasteiger partial charge in [-0.15, -0.1) is 11.3 Å². The van der Waals surface area contributed by atoms with Gasteiger partial charge in [0.25, 0.3) is 11.8 Å². The number of carbonyl (C=O) groups excluding carboxylic acids is 2. The van der Waals surface area contributed by atoms with Crippen molar-refractivity contribution in [3.8, 4) is 11.5 Å². The van der Waals surface area contributed by atoms with Crippen LogP contribution < -0.4 is 14.4 Å². The highest BCUT2D eigenvalue weighted by atomic mass is 32.1. The lowest BCUT2D eigenvalue weighted by atomic mass is 9.92. The largest absolute Gasteiger partial charge is 0.497 e. The van der Waals surface area contributed by atoms with Crippen molar-refractivity contribution in [3.05, 3.63) is 75.5 Å². The fourth-order valence-corrected chi connectivity index (χ4v) is 4.18. The molecule has 0 fully saturated rings. The molecule has 1 aromatic heterocycles. The molecule has 0 saturated heterocycles. The van der Waals surface area contributed by atoms with Gasteiger partial charge < -0.3 is 9.47 Å². The van der Waals surface area contributed by atoms with Gasteiger partial charge in [0.2, 0.25) is 0 Å². The molecule has 2 aromatic carbocycles. The summed E-state index contributed by atoms with van der Waals surface area (Å²) in [5, 5.41) is 0. The molecule has 0 aliphatic carbocycles. The molecular formula is C23H19NO4S. The Hall–Kier alpha value is -3.38. The highest BCUT2D eigenvalue weighted by Crippen LogP contribution is 2.38. The van der Waals surface area contributed by atoms with Crippen LogP contribution >= 0.6 is 11.3 Å². The minimum atomic E-state index is -0.409. The van der Waals surface area contributed by atoms with Crippen molar-refractivity contribution in [2.45, 2.75) is 6.92 Å². The average Bonchev–Trinajstić information content (AvgIpc) is 3.16. The van der Waals surface area contributed by atoms with Gasteiger partial charge in [-0.1, -0.05) is 12.1 Å². The van der Waals surface area contributed by atoms with Crippen LogP contribution in [0.15, 0.2) is 54.6 Å². The Morgan fingerprint density at radius 1 is 0.897 bits per heavy atom. The number of ether oxygens (including phenoxy) is 2. The molecule has 29 heavy (non-hydrogen) atoms. The number of carbonyl (C=O) groups is 2. The van der Waals surface area contributed by atoms with Gasteiger partial charge in [0.1, 0.15) is 11.5 Å². The molecule has 6 heteroatoms. The predicted molar refractivity (Wildman–Crippen MR) is 115 cm³/mol. The number of amides is 2. The second kappa shape index (κ2) is 7.56. The number of fused-ring (bicyclic) bond motifs is 1. The molecule has 146 valence electrons. The molecule has 0 radical (unpaired) electrons. The molecule has 5 nitrogen and oxygen atoms in total. The number of para-hydroxylation sites is 2. The second-order valence-electron chi connectivity index (χ2n) is 6.54.